The smallest absolute Gasteiger partial charge is 0.101 e. The van der Waals surface area contributed by atoms with Crippen LogP contribution in [0.15, 0.2) is 42.6 Å². The van der Waals surface area contributed by atoms with Crippen LogP contribution in [-0.2, 0) is 6.61 Å². The number of hydrogen-bond acceptors (Lipinski definition) is 3. The van der Waals surface area contributed by atoms with E-state index in [1.54, 1.807) is 18.3 Å². The van der Waals surface area contributed by atoms with Crippen LogP contribution in [0.2, 0.25) is 0 Å². The molecule has 2 aromatic rings. The topological polar surface area (TPSA) is 56.9 Å². The molecule has 0 aliphatic rings. The number of hydrogen-bond donors (Lipinski definition) is 1. The van der Waals surface area contributed by atoms with Crippen molar-refractivity contribution in [3.8, 4) is 17.3 Å². The maximum absolute atomic E-state index is 8.95. The number of nitrogens with zero attached hydrogens (tertiary/aromatic N) is 2. The maximum Gasteiger partial charge on any atom is 0.101 e. The summed E-state index contributed by atoms with van der Waals surface area (Å²) in [5, 5.41) is 17.9. The number of rotatable bonds is 2. The monoisotopic (exact) mass is 210 g/mol. The van der Waals surface area contributed by atoms with E-state index in [1.807, 2.05) is 24.3 Å². The van der Waals surface area contributed by atoms with Crippen molar-refractivity contribution in [2.45, 2.75) is 6.61 Å². The highest BCUT2D eigenvalue weighted by atomic mass is 16.3. The van der Waals surface area contributed by atoms with Crippen LogP contribution < -0.4 is 0 Å². The maximum atomic E-state index is 8.95. The molecule has 3 heteroatoms. The summed E-state index contributed by atoms with van der Waals surface area (Å²) in [6.07, 6.45) is 1.66. The standard InChI is InChI=1S/C13H10N2O/c14-8-12-2-1-7-15-13(12)11-5-3-10(9-16)4-6-11/h1-7,16H,9H2. The number of pyridine rings is 1. The first-order valence-corrected chi connectivity index (χ1v) is 4.90. The van der Waals surface area contributed by atoms with Crippen LogP contribution in [0.25, 0.3) is 11.3 Å². The summed E-state index contributed by atoms with van der Waals surface area (Å²) in [5.41, 5.74) is 2.96. The highest BCUT2D eigenvalue weighted by molar-refractivity contribution is 5.66. The molecule has 1 aromatic heterocycles. The van der Waals surface area contributed by atoms with Crippen molar-refractivity contribution in [3.05, 3.63) is 53.7 Å². The van der Waals surface area contributed by atoms with Gasteiger partial charge in [0.1, 0.15) is 6.07 Å². The zero-order valence-corrected chi connectivity index (χ0v) is 8.59. The number of benzene rings is 1. The number of aromatic nitrogens is 1. The van der Waals surface area contributed by atoms with Gasteiger partial charge >= 0.3 is 0 Å². The van der Waals surface area contributed by atoms with Crippen molar-refractivity contribution in [2.24, 2.45) is 0 Å². The van der Waals surface area contributed by atoms with E-state index < -0.39 is 0 Å². The predicted octanol–water partition coefficient (Wildman–Crippen LogP) is 2.11. The summed E-state index contributed by atoms with van der Waals surface area (Å²) >= 11 is 0. The third-order valence-electron chi connectivity index (χ3n) is 2.34. The van der Waals surface area contributed by atoms with Crippen molar-refractivity contribution in [3.63, 3.8) is 0 Å². The van der Waals surface area contributed by atoms with E-state index in [9.17, 15) is 0 Å². The molecule has 0 amide bonds. The van der Waals surface area contributed by atoms with E-state index in [0.29, 0.717) is 11.3 Å². The fourth-order valence-corrected chi connectivity index (χ4v) is 1.49. The molecule has 0 atom stereocenters. The molecule has 1 N–H and O–H groups in total. The highest BCUT2D eigenvalue weighted by Gasteiger charge is 2.04. The predicted molar refractivity (Wildman–Crippen MR) is 60.3 cm³/mol. The molecule has 0 saturated heterocycles. The minimum Gasteiger partial charge on any atom is -0.392 e. The quantitative estimate of drug-likeness (QED) is 0.825. The van der Waals surface area contributed by atoms with Gasteiger partial charge in [-0.15, -0.1) is 0 Å². The molecular weight excluding hydrogens is 200 g/mol. The van der Waals surface area contributed by atoms with Crippen LogP contribution in [-0.4, -0.2) is 10.1 Å². The van der Waals surface area contributed by atoms with Crippen LogP contribution >= 0.6 is 0 Å². The van der Waals surface area contributed by atoms with Gasteiger partial charge in [0.15, 0.2) is 0 Å². The largest absolute Gasteiger partial charge is 0.392 e. The minimum atomic E-state index is 0.0214. The van der Waals surface area contributed by atoms with Crippen molar-refractivity contribution < 1.29 is 5.11 Å². The van der Waals surface area contributed by atoms with Gasteiger partial charge in [0, 0.05) is 11.8 Å². The van der Waals surface area contributed by atoms with Gasteiger partial charge in [-0.2, -0.15) is 5.26 Å². The Kier molecular flexibility index (Phi) is 2.95. The van der Waals surface area contributed by atoms with Crippen molar-refractivity contribution in [2.75, 3.05) is 0 Å². The van der Waals surface area contributed by atoms with E-state index >= 15 is 0 Å². The summed E-state index contributed by atoms with van der Waals surface area (Å²) < 4.78 is 0. The van der Waals surface area contributed by atoms with Gasteiger partial charge in [0.25, 0.3) is 0 Å². The molecule has 0 unspecified atom stereocenters. The Hall–Kier alpha value is -2.18. The highest BCUT2D eigenvalue weighted by Crippen LogP contribution is 2.20. The third-order valence-corrected chi connectivity index (χ3v) is 2.34. The van der Waals surface area contributed by atoms with Crippen molar-refractivity contribution >= 4 is 0 Å². The van der Waals surface area contributed by atoms with Gasteiger partial charge < -0.3 is 5.11 Å². The van der Waals surface area contributed by atoms with Gasteiger partial charge in [-0.3, -0.25) is 4.98 Å². The van der Waals surface area contributed by atoms with E-state index in [1.165, 1.54) is 0 Å². The average molecular weight is 210 g/mol. The Labute approximate surface area is 93.6 Å². The average Bonchev–Trinajstić information content (AvgIpc) is 2.39. The van der Waals surface area contributed by atoms with Crippen LogP contribution in [0.1, 0.15) is 11.1 Å². The lowest BCUT2D eigenvalue weighted by Crippen LogP contribution is -1.89. The summed E-state index contributed by atoms with van der Waals surface area (Å²) in [4.78, 5) is 4.19. The molecule has 0 aliphatic carbocycles. The molecule has 0 fully saturated rings. The van der Waals surface area contributed by atoms with Crippen molar-refractivity contribution in [1.29, 1.82) is 5.26 Å². The van der Waals surface area contributed by atoms with Crippen LogP contribution in [0.4, 0.5) is 0 Å². The van der Waals surface area contributed by atoms with Gasteiger partial charge in [0.05, 0.1) is 17.9 Å². The molecule has 0 bridgehead atoms. The van der Waals surface area contributed by atoms with Crippen LogP contribution in [0.3, 0.4) is 0 Å². The first-order valence-electron chi connectivity index (χ1n) is 4.90. The first-order chi connectivity index (χ1) is 7.85. The summed E-state index contributed by atoms with van der Waals surface area (Å²) in [7, 11) is 0. The molecule has 0 aliphatic heterocycles. The van der Waals surface area contributed by atoms with Gasteiger partial charge in [-0.1, -0.05) is 24.3 Å². The zero-order chi connectivity index (χ0) is 11.4. The molecule has 2 rings (SSSR count). The molecule has 3 nitrogen and oxygen atoms in total. The third kappa shape index (κ3) is 1.92. The van der Waals surface area contributed by atoms with Gasteiger partial charge in [-0.25, -0.2) is 0 Å². The van der Waals surface area contributed by atoms with E-state index in [4.69, 9.17) is 10.4 Å². The van der Waals surface area contributed by atoms with E-state index in [-0.39, 0.29) is 6.61 Å². The van der Waals surface area contributed by atoms with Crippen LogP contribution in [0, 0.1) is 11.3 Å². The van der Waals surface area contributed by atoms with E-state index in [0.717, 1.165) is 11.1 Å². The zero-order valence-electron chi connectivity index (χ0n) is 8.59. The number of aliphatic hydroxyl groups excluding tert-OH is 1. The Morgan fingerprint density at radius 1 is 1.19 bits per heavy atom. The Morgan fingerprint density at radius 2 is 1.94 bits per heavy atom. The normalized spacial score (nSPS) is 9.75. The Balaban J connectivity index is 2.47. The summed E-state index contributed by atoms with van der Waals surface area (Å²) in [6, 6.07) is 13.0. The van der Waals surface area contributed by atoms with Gasteiger partial charge in [0.2, 0.25) is 0 Å². The molecule has 1 heterocycles. The summed E-state index contributed by atoms with van der Waals surface area (Å²) in [6.45, 7) is 0.0214. The number of nitriles is 1. The lowest BCUT2D eigenvalue weighted by atomic mass is 10.1. The second-order valence-electron chi connectivity index (χ2n) is 3.37. The lowest BCUT2D eigenvalue weighted by molar-refractivity contribution is 0.282. The molecule has 0 saturated carbocycles. The fraction of sp³-hybridized carbons (Fsp3) is 0.0769. The fourth-order valence-electron chi connectivity index (χ4n) is 1.49. The van der Waals surface area contributed by atoms with Crippen LogP contribution in [0.5, 0.6) is 0 Å². The Bertz CT molecular complexity index is 526. The molecule has 16 heavy (non-hydrogen) atoms. The van der Waals surface area contributed by atoms with Gasteiger partial charge in [-0.05, 0) is 17.7 Å². The van der Waals surface area contributed by atoms with E-state index in [2.05, 4.69) is 11.1 Å². The first kappa shape index (κ1) is 10.3. The molecular formula is C13H10N2O. The molecule has 78 valence electrons. The molecule has 1 aromatic carbocycles. The minimum absolute atomic E-state index is 0.0214. The van der Waals surface area contributed by atoms with Crippen molar-refractivity contribution in [1.82, 2.24) is 4.98 Å². The second kappa shape index (κ2) is 4.56. The lowest BCUT2D eigenvalue weighted by Gasteiger charge is -2.03. The molecule has 0 radical (unpaired) electrons. The Morgan fingerprint density at radius 3 is 2.56 bits per heavy atom. The summed E-state index contributed by atoms with van der Waals surface area (Å²) in [5.74, 6) is 0. The second-order valence-corrected chi connectivity index (χ2v) is 3.37. The number of aliphatic hydroxyl groups is 1. The SMILES string of the molecule is N#Cc1cccnc1-c1ccc(CO)cc1. The molecule has 0 spiro atoms.